The van der Waals surface area contributed by atoms with E-state index in [1.165, 1.54) is 51.7 Å². The summed E-state index contributed by atoms with van der Waals surface area (Å²) < 4.78 is 0. The molecule has 0 aromatic heterocycles. The molecule has 1 aliphatic rings. The molecule has 0 spiro atoms. The monoisotopic (exact) mass is 226 g/mol. The van der Waals surface area contributed by atoms with Gasteiger partial charge in [0, 0.05) is 6.54 Å². The molecule has 0 atom stereocenters. The topological polar surface area (TPSA) is 29.3 Å². The van der Waals surface area contributed by atoms with Crippen LogP contribution in [0.1, 0.15) is 52.9 Å². The normalized spacial score (nSPS) is 17.8. The van der Waals surface area contributed by atoms with Gasteiger partial charge in [0.1, 0.15) is 0 Å². The summed E-state index contributed by atoms with van der Waals surface area (Å²) in [4.78, 5) is 2.62. The average Bonchev–Trinajstić information content (AvgIpc) is 2.20. The lowest BCUT2D eigenvalue weighted by atomic mass is 9.85. The Morgan fingerprint density at radius 3 is 2.44 bits per heavy atom. The van der Waals surface area contributed by atoms with E-state index < -0.39 is 0 Å². The number of hydrogen-bond acceptors (Lipinski definition) is 2. The van der Waals surface area contributed by atoms with Crippen LogP contribution in [0.3, 0.4) is 0 Å². The van der Waals surface area contributed by atoms with Crippen molar-refractivity contribution >= 4 is 0 Å². The fraction of sp³-hybridized carbons (Fsp3) is 1.00. The van der Waals surface area contributed by atoms with E-state index in [2.05, 4.69) is 25.7 Å². The third-order valence-electron chi connectivity index (χ3n) is 4.07. The molecule has 96 valence electrons. The van der Waals surface area contributed by atoms with Gasteiger partial charge in [0.05, 0.1) is 0 Å². The van der Waals surface area contributed by atoms with Crippen LogP contribution in [0.25, 0.3) is 0 Å². The van der Waals surface area contributed by atoms with Gasteiger partial charge in [-0.3, -0.25) is 0 Å². The van der Waals surface area contributed by atoms with E-state index in [0.717, 1.165) is 12.5 Å². The first-order valence-corrected chi connectivity index (χ1v) is 7.00. The summed E-state index contributed by atoms with van der Waals surface area (Å²) in [7, 11) is 0. The van der Waals surface area contributed by atoms with Crippen molar-refractivity contribution in [3.8, 4) is 0 Å². The molecule has 16 heavy (non-hydrogen) atoms. The van der Waals surface area contributed by atoms with Gasteiger partial charge in [-0.1, -0.05) is 27.2 Å². The van der Waals surface area contributed by atoms with E-state index >= 15 is 0 Å². The summed E-state index contributed by atoms with van der Waals surface area (Å²) in [5.74, 6) is 1.00. The minimum Gasteiger partial charge on any atom is -0.330 e. The molecule has 0 amide bonds. The van der Waals surface area contributed by atoms with Gasteiger partial charge in [-0.25, -0.2) is 0 Å². The van der Waals surface area contributed by atoms with Gasteiger partial charge in [-0.05, 0) is 56.7 Å². The van der Waals surface area contributed by atoms with Crippen molar-refractivity contribution in [2.75, 3.05) is 26.2 Å². The fourth-order valence-corrected chi connectivity index (χ4v) is 2.30. The molecule has 2 heteroatoms. The number of rotatable bonds is 8. The minimum atomic E-state index is 0.329. The lowest BCUT2D eigenvalue weighted by molar-refractivity contribution is 0.175. The van der Waals surface area contributed by atoms with E-state index in [1.54, 1.807) is 0 Å². The van der Waals surface area contributed by atoms with Crippen LogP contribution in [0.5, 0.6) is 0 Å². The highest BCUT2D eigenvalue weighted by Gasteiger charge is 2.20. The van der Waals surface area contributed by atoms with Gasteiger partial charge >= 0.3 is 0 Å². The fourth-order valence-electron chi connectivity index (χ4n) is 2.30. The van der Waals surface area contributed by atoms with Crippen molar-refractivity contribution in [1.29, 1.82) is 0 Å². The highest BCUT2D eigenvalue weighted by molar-refractivity contribution is 4.75. The smallest absolute Gasteiger partial charge is 0.000954 e. The van der Waals surface area contributed by atoms with Crippen LogP contribution in [0.15, 0.2) is 0 Å². The molecule has 1 saturated carbocycles. The maximum absolute atomic E-state index is 5.75. The van der Waals surface area contributed by atoms with Crippen LogP contribution >= 0.6 is 0 Å². The van der Waals surface area contributed by atoms with E-state index in [-0.39, 0.29) is 0 Å². The maximum Gasteiger partial charge on any atom is 0.000954 e. The number of nitrogens with two attached hydrogens (primary N) is 1. The van der Waals surface area contributed by atoms with Crippen molar-refractivity contribution < 1.29 is 0 Å². The first kappa shape index (κ1) is 14.0. The zero-order valence-corrected chi connectivity index (χ0v) is 11.5. The molecule has 0 aromatic rings. The molecule has 1 aliphatic carbocycles. The Morgan fingerprint density at radius 1 is 1.31 bits per heavy atom. The van der Waals surface area contributed by atoms with Crippen LogP contribution < -0.4 is 5.73 Å². The van der Waals surface area contributed by atoms with Crippen molar-refractivity contribution in [3.63, 3.8) is 0 Å². The van der Waals surface area contributed by atoms with Gasteiger partial charge in [-0.2, -0.15) is 0 Å². The second kappa shape index (κ2) is 6.61. The molecule has 0 aliphatic heterocycles. The predicted octanol–water partition coefficient (Wildman–Crippen LogP) is 2.87. The minimum absolute atomic E-state index is 0.329. The molecule has 2 N–H and O–H groups in total. The molecular formula is C14H30N2. The van der Waals surface area contributed by atoms with E-state index in [1.807, 2.05) is 0 Å². The quantitative estimate of drug-likeness (QED) is 0.689. The first-order chi connectivity index (χ1) is 7.57. The molecule has 0 bridgehead atoms. The summed E-state index contributed by atoms with van der Waals surface area (Å²) >= 11 is 0. The SMILES string of the molecule is CCN(CCCC(C)(C)CN)CC1CCC1. The second-order valence-corrected chi connectivity index (χ2v) is 6.16. The van der Waals surface area contributed by atoms with Crippen LogP contribution in [0.2, 0.25) is 0 Å². The Labute approximate surface area is 102 Å². The third kappa shape index (κ3) is 4.84. The van der Waals surface area contributed by atoms with Gasteiger partial charge < -0.3 is 10.6 Å². The highest BCUT2D eigenvalue weighted by Crippen LogP contribution is 2.27. The highest BCUT2D eigenvalue weighted by atomic mass is 15.1. The lowest BCUT2D eigenvalue weighted by Gasteiger charge is -2.32. The zero-order chi connectivity index (χ0) is 12.0. The first-order valence-electron chi connectivity index (χ1n) is 7.00. The second-order valence-electron chi connectivity index (χ2n) is 6.16. The Bertz CT molecular complexity index is 185. The molecule has 0 unspecified atom stereocenters. The van der Waals surface area contributed by atoms with Crippen LogP contribution in [-0.4, -0.2) is 31.1 Å². The number of hydrogen-bond donors (Lipinski definition) is 1. The van der Waals surface area contributed by atoms with Gasteiger partial charge in [0.2, 0.25) is 0 Å². The summed E-state index contributed by atoms with van der Waals surface area (Å²) in [6, 6.07) is 0. The molecule has 0 aromatic carbocycles. The molecule has 1 rings (SSSR count). The van der Waals surface area contributed by atoms with Gasteiger partial charge in [0.25, 0.3) is 0 Å². The van der Waals surface area contributed by atoms with Crippen LogP contribution in [0, 0.1) is 11.3 Å². The lowest BCUT2D eigenvalue weighted by Crippen LogP contribution is -2.34. The Kier molecular flexibility index (Phi) is 5.77. The van der Waals surface area contributed by atoms with Crippen molar-refractivity contribution in [1.82, 2.24) is 4.90 Å². The molecular weight excluding hydrogens is 196 g/mol. The zero-order valence-electron chi connectivity index (χ0n) is 11.5. The number of nitrogens with zero attached hydrogens (tertiary/aromatic N) is 1. The van der Waals surface area contributed by atoms with Crippen molar-refractivity contribution in [2.24, 2.45) is 17.1 Å². The van der Waals surface area contributed by atoms with Crippen molar-refractivity contribution in [2.45, 2.75) is 52.9 Å². The summed E-state index contributed by atoms with van der Waals surface area (Å²) in [5, 5.41) is 0. The van der Waals surface area contributed by atoms with Gasteiger partial charge in [-0.15, -0.1) is 0 Å². The van der Waals surface area contributed by atoms with E-state index in [0.29, 0.717) is 5.41 Å². The summed E-state index contributed by atoms with van der Waals surface area (Å²) in [6.45, 7) is 11.4. The van der Waals surface area contributed by atoms with Crippen LogP contribution in [-0.2, 0) is 0 Å². The largest absolute Gasteiger partial charge is 0.330 e. The average molecular weight is 226 g/mol. The molecule has 0 heterocycles. The molecule has 0 radical (unpaired) electrons. The van der Waals surface area contributed by atoms with Gasteiger partial charge in [0.15, 0.2) is 0 Å². The molecule has 0 saturated heterocycles. The molecule has 1 fully saturated rings. The standard InChI is InChI=1S/C14H30N2/c1-4-16(11-13-7-5-8-13)10-6-9-14(2,3)12-15/h13H,4-12,15H2,1-3H3. The van der Waals surface area contributed by atoms with Crippen LogP contribution in [0.4, 0.5) is 0 Å². The Hall–Kier alpha value is -0.0800. The van der Waals surface area contributed by atoms with Crippen molar-refractivity contribution in [3.05, 3.63) is 0 Å². The van der Waals surface area contributed by atoms with E-state index in [9.17, 15) is 0 Å². The summed E-state index contributed by atoms with van der Waals surface area (Å²) in [5.41, 5.74) is 6.08. The third-order valence-corrected chi connectivity index (χ3v) is 4.07. The predicted molar refractivity (Wildman–Crippen MR) is 71.5 cm³/mol. The molecule has 2 nitrogen and oxygen atoms in total. The summed E-state index contributed by atoms with van der Waals surface area (Å²) in [6.07, 6.45) is 6.94. The Morgan fingerprint density at radius 2 is 2.00 bits per heavy atom. The Balaban J connectivity index is 2.13. The maximum atomic E-state index is 5.75. The van der Waals surface area contributed by atoms with E-state index in [4.69, 9.17) is 5.73 Å².